The van der Waals surface area contributed by atoms with Crippen LogP contribution in [-0.4, -0.2) is 64.7 Å². The molecule has 4 rings (SSSR count). The van der Waals surface area contributed by atoms with Crippen LogP contribution in [0.15, 0.2) is 31.0 Å². The Labute approximate surface area is 130 Å². The molecule has 23 heavy (non-hydrogen) atoms. The van der Waals surface area contributed by atoms with E-state index in [0.717, 1.165) is 5.69 Å². The van der Waals surface area contributed by atoms with Crippen LogP contribution in [0.3, 0.4) is 0 Å². The molecule has 9 heteroatoms. The number of aromatic nitrogens is 5. The van der Waals surface area contributed by atoms with Gasteiger partial charge in [0.2, 0.25) is 0 Å². The summed E-state index contributed by atoms with van der Waals surface area (Å²) in [5.41, 5.74) is 2.45. The molecule has 9 nitrogen and oxygen atoms in total. The van der Waals surface area contributed by atoms with E-state index in [1.807, 2.05) is 12.1 Å². The van der Waals surface area contributed by atoms with E-state index >= 15 is 0 Å². The third kappa shape index (κ3) is 2.13. The van der Waals surface area contributed by atoms with Crippen molar-refractivity contribution in [3.05, 3.63) is 31.0 Å². The van der Waals surface area contributed by atoms with E-state index in [9.17, 15) is 15.3 Å². The van der Waals surface area contributed by atoms with Crippen LogP contribution in [-0.2, 0) is 4.74 Å². The molecule has 1 aliphatic rings. The lowest BCUT2D eigenvalue weighted by Gasteiger charge is -2.16. The molecule has 120 valence electrons. The fourth-order valence-electron chi connectivity index (χ4n) is 2.82. The molecular formula is C14H15N5O4. The number of nitrogens with one attached hydrogen (secondary N) is 1. The molecule has 0 unspecified atom stereocenters. The standard InChI is InChI=1S/C14H15N5O4/c20-4-8-11(21)12(22)14(23-8)19-6-18-10-9(7-2-1-3-15-7)16-5-17-13(10)19/h1-3,5-6,8,11-12,14-15,20-22H,4H2/t8-,11-,12-,14-/m0/s1. The third-order valence-corrected chi connectivity index (χ3v) is 4.00. The average Bonchev–Trinajstić information content (AvgIpc) is 3.28. The molecule has 0 aliphatic carbocycles. The Morgan fingerprint density at radius 2 is 2.09 bits per heavy atom. The maximum atomic E-state index is 10.2. The van der Waals surface area contributed by atoms with Crippen LogP contribution in [0.2, 0.25) is 0 Å². The lowest BCUT2D eigenvalue weighted by molar-refractivity contribution is -0.0511. The van der Waals surface area contributed by atoms with Crippen LogP contribution >= 0.6 is 0 Å². The van der Waals surface area contributed by atoms with Gasteiger partial charge < -0.3 is 25.0 Å². The highest BCUT2D eigenvalue weighted by atomic mass is 16.6. The zero-order valence-electron chi connectivity index (χ0n) is 11.9. The molecule has 1 aliphatic heterocycles. The van der Waals surface area contributed by atoms with Gasteiger partial charge in [-0.05, 0) is 12.1 Å². The second-order valence-corrected chi connectivity index (χ2v) is 5.36. The molecule has 4 N–H and O–H groups in total. The Morgan fingerprint density at radius 1 is 1.22 bits per heavy atom. The summed E-state index contributed by atoms with van der Waals surface area (Å²) in [6.45, 7) is -0.385. The number of aromatic amines is 1. The van der Waals surface area contributed by atoms with Gasteiger partial charge >= 0.3 is 0 Å². The Bertz CT molecular complexity index is 818. The van der Waals surface area contributed by atoms with Gasteiger partial charge in [-0.15, -0.1) is 0 Å². The van der Waals surface area contributed by atoms with Gasteiger partial charge in [0, 0.05) is 6.20 Å². The van der Waals surface area contributed by atoms with Crippen LogP contribution in [0.4, 0.5) is 0 Å². The molecule has 0 spiro atoms. The number of ether oxygens (including phenoxy) is 1. The molecule has 0 amide bonds. The van der Waals surface area contributed by atoms with Crippen molar-refractivity contribution in [3.8, 4) is 11.4 Å². The number of fused-ring (bicyclic) bond motifs is 1. The van der Waals surface area contributed by atoms with Gasteiger partial charge in [0.15, 0.2) is 11.9 Å². The molecule has 4 atom stereocenters. The lowest BCUT2D eigenvalue weighted by atomic mass is 10.1. The molecule has 1 fully saturated rings. The minimum absolute atomic E-state index is 0.385. The number of aliphatic hydroxyl groups excluding tert-OH is 3. The number of nitrogens with zero attached hydrogens (tertiary/aromatic N) is 4. The zero-order valence-corrected chi connectivity index (χ0v) is 11.9. The number of H-pyrrole nitrogens is 1. The van der Waals surface area contributed by atoms with Gasteiger partial charge in [-0.1, -0.05) is 0 Å². The summed E-state index contributed by atoms with van der Waals surface area (Å²) in [4.78, 5) is 15.8. The SMILES string of the molecule is OC[C@@H]1O[C@H](n2cnc3c(-c4ccc[nH]4)ncnc32)[C@@H](O)[C@H]1O. The third-order valence-electron chi connectivity index (χ3n) is 4.00. The predicted molar refractivity (Wildman–Crippen MR) is 78.1 cm³/mol. The van der Waals surface area contributed by atoms with Gasteiger partial charge in [0.1, 0.15) is 35.8 Å². The molecule has 0 bridgehead atoms. The quantitative estimate of drug-likeness (QED) is 0.509. The first kappa shape index (κ1) is 14.3. The first-order valence-corrected chi connectivity index (χ1v) is 7.14. The van der Waals surface area contributed by atoms with Crippen LogP contribution < -0.4 is 0 Å². The maximum Gasteiger partial charge on any atom is 0.166 e. The number of hydrogen-bond acceptors (Lipinski definition) is 7. The fourth-order valence-corrected chi connectivity index (χ4v) is 2.82. The molecule has 3 aromatic rings. The highest BCUT2D eigenvalue weighted by Gasteiger charge is 2.44. The van der Waals surface area contributed by atoms with Gasteiger partial charge in [-0.25, -0.2) is 15.0 Å². The van der Waals surface area contributed by atoms with Crippen LogP contribution in [0.5, 0.6) is 0 Å². The van der Waals surface area contributed by atoms with Gasteiger partial charge in [-0.3, -0.25) is 4.57 Å². The minimum Gasteiger partial charge on any atom is -0.394 e. The molecule has 1 saturated heterocycles. The van der Waals surface area contributed by atoms with Gasteiger partial charge in [-0.2, -0.15) is 0 Å². The second-order valence-electron chi connectivity index (χ2n) is 5.36. The van der Waals surface area contributed by atoms with Gasteiger partial charge in [0.25, 0.3) is 0 Å². The Morgan fingerprint density at radius 3 is 2.78 bits per heavy atom. The molecule has 0 radical (unpaired) electrons. The van der Waals surface area contributed by atoms with E-state index in [2.05, 4.69) is 19.9 Å². The number of hydrogen-bond donors (Lipinski definition) is 4. The van der Waals surface area contributed by atoms with Crippen LogP contribution in [0, 0.1) is 0 Å². The summed E-state index contributed by atoms with van der Waals surface area (Å²) in [5.74, 6) is 0. The van der Waals surface area contributed by atoms with E-state index in [1.54, 1.807) is 6.20 Å². The average molecular weight is 317 g/mol. The smallest absolute Gasteiger partial charge is 0.166 e. The van der Waals surface area contributed by atoms with Crippen molar-refractivity contribution < 1.29 is 20.1 Å². The normalized spacial score (nSPS) is 27.8. The first-order valence-electron chi connectivity index (χ1n) is 7.14. The Kier molecular flexibility index (Phi) is 3.34. The largest absolute Gasteiger partial charge is 0.394 e. The van der Waals surface area contributed by atoms with Crippen molar-refractivity contribution in [2.45, 2.75) is 24.5 Å². The van der Waals surface area contributed by atoms with Crippen molar-refractivity contribution >= 4 is 11.2 Å². The van der Waals surface area contributed by atoms with E-state index in [-0.39, 0.29) is 6.61 Å². The summed E-state index contributed by atoms with van der Waals surface area (Å²) >= 11 is 0. The summed E-state index contributed by atoms with van der Waals surface area (Å²) in [6, 6.07) is 3.72. The Balaban J connectivity index is 1.80. The van der Waals surface area contributed by atoms with E-state index in [0.29, 0.717) is 16.9 Å². The van der Waals surface area contributed by atoms with E-state index < -0.39 is 24.5 Å². The molecule has 0 aromatic carbocycles. The predicted octanol–water partition coefficient (Wildman–Crippen LogP) is -0.567. The minimum atomic E-state index is -1.19. The van der Waals surface area contributed by atoms with E-state index in [4.69, 9.17) is 4.74 Å². The second kappa shape index (κ2) is 5.39. The zero-order chi connectivity index (χ0) is 16.0. The monoisotopic (exact) mass is 317 g/mol. The fraction of sp³-hybridized carbons (Fsp3) is 0.357. The van der Waals surface area contributed by atoms with Gasteiger partial charge in [0.05, 0.1) is 18.6 Å². The molecule has 4 heterocycles. The highest BCUT2D eigenvalue weighted by Crippen LogP contribution is 2.32. The summed E-state index contributed by atoms with van der Waals surface area (Å²) in [5, 5.41) is 29.3. The maximum absolute atomic E-state index is 10.2. The topological polar surface area (TPSA) is 129 Å². The molecular weight excluding hydrogens is 302 g/mol. The number of rotatable bonds is 3. The van der Waals surface area contributed by atoms with Crippen molar-refractivity contribution in [1.29, 1.82) is 0 Å². The van der Waals surface area contributed by atoms with Crippen LogP contribution in [0.25, 0.3) is 22.6 Å². The molecule has 3 aromatic heterocycles. The van der Waals surface area contributed by atoms with Crippen molar-refractivity contribution in [3.63, 3.8) is 0 Å². The van der Waals surface area contributed by atoms with Crippen molar-refractivity contribution in [2.75, 3.05) is 6.61 Å². The Hall–Kier alpha value is -2.33. The highest BCUT2D eigenvalue weighted by molar-refractivity contribution is 5.85. The first-order chi connectivity index (χ1) is 11.2. The van der Waals surface area contributed by atoms with Crippen molar-refractivity contribution in [2.24, 2.45) is 0 Å². The van der Waals surface area contributed by atoms with Crippen molar-refractivity contribution in [1.82, 2.24) is 24.5 Å². The lowest BCUT2D eigenvalue weighted by Crippen LogP contribution is -2.33. The number of aliphatic hydroxyl groups is 3. The summed E-state index contributed by atoms with van der Waals surface area (Å²) in [6.07, 6.45) is 0.576. The number of imidazole rings is 1. The summed E-state index contributed by atoms with van der Waals surface area (Å²) in [7, 11) is 0. The molecule has 0 saturated carbocycles. The summed E-state index contributed by atoms with van der Waals surface area (Å²) < 4.78 is 7.06. The van der Waals surface area contributed by atoms with Crippen LogP contribution in [0.1, 0.15) is 6.23 Å². The van der Waals surface area contributed by atoms with E-state index in [1.165, 1.54) is 17.2 Å².